The van der Waals surface area contributed by atoms with Crippen molar-refractivity contribution in [3.8, 4) is 0 Å². The minimum absolute atomic E-state index is 0.408. The molecule has 1 rings (SSSR count). The smallest absolute Gasteiger partial charge is 0.438 e. The van der Waals surface area contributed by atoms with Crippen molar-refractivity contribution in [2.75, 3.05) is 13.7 Å². The van der Waals surface area contributed by atoms with Gasteiger partial charge in [-0.2, -0.15) is 0 Å². The first-order chi connectivity index (χ1) is 8.86. The number of rotatable bonds is 3. The van der Waals surface area contributed by atoms with Crippen LogP contribution in [0.1, 0.15) is 6.92 Å². The Morgan fingerprint density at radius 2 is 1.89 bits per heavy atom. The molecule has 9 heteroatoms. The SMILES string of the molecule is COC(=O)OC[C@H]1OC(O)[C@H](NC(C)=O)[C@@H](O)[C@@H]1O. The monoisotopic (exact) mass is 279 g/mol. The molecule has 1 fully saturated rings. The van der Waals surface area contributed by atoms with Crippen LogP contribution >= 0.6 is 0 Å². The summed E-state index contributed by atoms with van der Waals surface area (Å²) in [4.78, 5) is 21.7. The highest BCUT2D eigenvalue weighted by Gasteiger charge is 2.44. The third-order valence-electron chi connectivity index (χ3n) is 2.62. The first-order valence-electron chi connectivity index (χ1n) is 5.54. The van der Waals surface area contributed by atoms with Gasteiger partial charge in [0.25, 0.3) is 0 Å². The van der Waals surface area contributed by atoms with Gasteiger partial charge in [-0.05, 0) is 0 Å². The number of aliphatic hydroxyl groups is 3. The molecule has 1 aliphatic heterocycles. The Morgan fingerprint density at radius 3 is 2.42 bits per heavy atom. The number of methoxy groups -OCH3 is 1. The van der Waals surface area contributed by atoms with Gasteiger partial charge in [-0.1, -0.05) is 0 Å². The van der Waals surface area contributed by atoms with E-state index in [1.807, 2.05) is 0 Å². The molecule has 1 saturated heterocycles. The summed E-state index contributed by atoms with van der Waals surface area (Å²) in [6.45, 7) is 0.785. The van der Waals surface area contributed by atoms with Gasteiger partial charge in [0, 0.05) is 6.92 Å². The van der Waals surface area contributed by atoms with Crippen molar-refractivity contribution in [3.63, 3.8) is 0 Å². The van der Waals surface area contributed by atoms with Crippen molar-refractivity contribution in [1.82, 2.24) is 5.32 Å². The van der Waals surface area contributed by atoms with Crippen LogP contribution in [0.15, 0.2) is 0 Å². The fourth-order valence-corrected chi connectivity index (χ4v) is 1.68. The summed E-state index contributed by atoms with van der Waals surface area (Å²) in [5.41, 5.74) is 0. The summed E-state index contributed by atoms with van der Waals surface area (Å²) < 4.78 is 13.8. The number of carbonyl (C=O) groups is 2. The van der Waals surface area contributed by atoms with Crippen molar-refractivity contribution in [1.29, 1.82) is 0 Å². The van der Waals surface area contributed by atoms with Crippen LogP contribution in [0.2, 0.25) is 0 Å². The summed E-state index contributed by atoms with van der Waals surface area (Å²) >= 11 is 0. The van der Waals surface area contributed by atoms with Gasteiger partial charge in [-0.15, -0.1) is 0 Å². The maximum atomic E-state index is 10.9. The molecule has 4 N–H and O–H groups in total. The van der Waals surface area contributed by atoms with E-state index < -0.39 is 49.3 Å². The second kappa shape index (κ2) is 6.66. The fourth-order valence-electron chi connectivity index (χ4n) is 1.68. The molecule has 0 radical (unpaired) electrons. The highest BCUT2D eigenvalue weighted by atomic mass is 16.7. The number of amides is 1. The first-order valence-corrected chi connectivity index (χ1v) is 5.54. The maximum absolute atomic E-state index is 10.9. The van der Waals surface area contributed by atoms with Crippen molar-refractivity contribution in [2.24, 2.45) is 0 Å². The van der Waals surface area contributed by atoms with Gasteiger partial charge in [-0.3, -0.25) is 4.79 Å². The van der Waals surface area contributed by atoms with Crippen LogP contribution in [0.5, 0.6) is 0 Å². The second-order valence-corrected chi connectivity index (χ2v) is 4.04. The van der Waals surface area contributed by atoms with E-state index in [0.29, 0.717) is 0 Å². The molecular formula is C10H17NO8. The largest absolute Gasteiger partial charge is 0.508 e. The molecule has 1 unspecified atom stereocenters. The minimum Gasteiger partial charge on any atom is -0.438 e. The third-order valence-corrected chi connectivity index (χ3v) is 2.62. The van der Waals surface area contributed by atoms with Gasteiger partial charge in [0.1, 0.15) is 31.0 Å². The Morgan fingerprint density at radius 1 is 1.26 bits per heavy atom. The summed E-state index contributed by atoms with van der Waals surface area (Å²) in [5.74, 6) is -0.497. The van der Waals surface area contributed by atoms with Crippen LogP contribution in [-0.4, -0.2) is 71.7 Å². The summed E-state index contributed by atoms with van der Waals surface area (Å²) in [6.07, 6.45) is -6.55. The molecule has 9 nitrogen and oxygen atoms in total. The van der Waals surface area contributed by atoms with Crippen molar-refractivity contribution >= 4 is 12.1 Å². The molecule has 0 aromatic heterocycles. The molecule has 110 valence electrons. The van der Waals surface area contributed by atoms with Crippen molar-refractivity contribution < 1.29 is 39.1 Å². The highest BCUT2D eigenvalue weighted by molar-refractivity contribution is 5.73. The molecule has 1 aliphatic rings. The average molecular weight is 279 g/mol. The van der Waals surface area contributed by atoms with Gasteiger partial charge in [0.2, 0.25) is 5.91 Å². The predicted octanol–water partition coefficient (Wildman–Crippen LogP) is -2.29. The van der Waals surface area contributed by atoms with Gasteiger partial charge in [0.05, 0.1) is 7.11 Å². The molecule has 0 spiro atoms. The quantitative estimate of drug-likeness (QED) is 0.424. The molecule has 0 bridgehead atoms. The normalized spacial score (nSPS) is 34.5. The van der Waals surface area contributed by atoms with E-state index in [9.17, 15) is 24.9 Å². The van der Waals surface area contributed by atoms with Crippen LogP contribution in [0.3, 0.4) is 0 Å². The molecule has 19 heavy (non-hydrogen) atoms. The number of nitrogens with one attached hydrogen (secondary N) is 1. The van der Waals surface area contributed by atoms with Crippen LogP contribution in [0, 0.1) is 0 Å². The zero-order chi connectivity index (χ0) is 14.6. The molecule has 5 atom stereocenters. The summed E-state index contributed by atoms with van der Waals surface area (Å²) in [7, 11) is 1.11. The first kappa shape index (κ1) is 15.6. The van der Waals surface area contributed by atoms with Crippen LogP contribution < -0.4 is 5.32 Å². The Bertz CT molecular complexity index is 335. The molecule has 0 aromatic carbocycles. The van der Waals surface area contributed by atoms with E-state index in [2.05, 4.69) is 14.8 Å². The standard InChI is InChI=1S/C10H17NO8/c1-4(12)11-6-8(14)7(13)5(19-9(6)15)3-18-10(16)17-2/h5-9,13-15H,3H2,1-2H3,(H,11,12)/t5-,6-,7-,8-,9?/m1/s1. The van der Waals surface area contributed by atoms with E-state index in [-0.39, 0.29) is 0 Å². The average Bonchev–Trinajstić information content (AvgIpc) is 2.36. The lowest BCUT2D eigenvalue weighted by Gasteiger charge is -2.40. The Balaban J connectivity index is 2.61. The zero-order valence-electron chi connectivity index (χ0n) is 10.5. The lowest BCUT2D eigenvalue weighted by molar-refractivity contribution is -0.254. The van der Waals surface area contributed by atoms with Gasteiger partial charge in [0.15, 0.2) is 6.29 Å². The van der Waals surface area contributed by atoms with Gasteiger partial charge >= 0.3 is 6.16 Å². The number of carbonyl (C=O) groups excluding carboxylic acids is 2. The lowest BCUT2D eigenvalue weighted by atomic mass is 9.97. The van der Waals surface area contributed by atoms with Crippen molar-refractivity contribution in [3.05, 3.63) is 0 Å². The second-order valence-electron chi connectivity index (χ2n) is 4.04. The Kier molecular flexibility index (Phi) is 5.48. The summed E-state index contributed by atoms with van der Waals surface area (Å²) in [6, 6.07) is -1.16. The Hall–Kier alpha value is -1.42. The Labute approximate surface area is 109 Å². The number of aliphatic hydroxyl groups excluding tert-OH is 3. The molecule has 1 heterocycles. The van der Waals surface area contributed by atoms with Gasteiger partial charge in [-0.25, -0.2) is 4.79 Å². The van der Waals surface area contributed by atoms with Crippen LogP contribution in [0.4, 0.5) is 4.79 Å². The lowest BCUT2D eigenvalue weighted by Crippen LogP contribution is -2.64. The minimum atomic E-state index is -1.53. The molecule has 1 amide bonds. The van der Waals surface area contributed by atoms with E-state index in [4.69, 9.17) is 4.74 Å². The van der Waals surface area contributed by atoms with E-state index >= 15 is 0 Å². The number of hydrogen-bond acceptors (Lipinski definition) is 8. The molecule has 0 saturated carbocycles. The molecule has 0 aromatic rings. The fraction of sp³-hybridized carbons (Fsp3) is 0.800. The molecule has 0 aliphatic carbocycles. The number of hydrogen-bond donors (Lipinski definition) is 4. The molecular weight excluding hydrogens is 262 g/mol. The maximum Gasteiger partial charge on any atom is 0.508 e. The van der Waals surface area contributed by atoms with E-state index in [0.717, 1.165) is 7.11 Å². The number of ether oxygens (including phenoxy) is 3. The van der Waals surface area contributed by atoms with Gasteiger partial charge < -0.3 is 34.8 Å². The third kappa shape index (κ3) is 4.03. The topological polar surface area (TPSA) is 135 Å². The van der Waals surface area contributed by atoms with Crippen LogP contribution in [0.25, 0.3) is 0 Å². The highest BCUT2D eigenvalue weighted by Crippen LogP contribution is 2.20. The van der Waals surface area contributed by atoms with Crippen LogP contribution in [-0.2, 0) is 19.0 Å². The summed E-state index contributed by atoms with van der Waals surface area (Å²) in [5, 5.41) is 31.4. The zero-order valence-corrected chi connectivity index (χ0v) is 10.5. The van der Waals surface area contributed by atoms with Crippen molar-refractivity contribution in [2.45, 2.75) is 37.6 Å². The van der Waals surface area contributed by atoms with E-state index in [1.165, 1.54) is 6.92 Å². The predicted molar refractivity (Wildman–Crippen MR) is 58.9 cm³/mol. The van der Waals surface area contributed by atoms with E-state index in [1.54, 1.807) is 0 Å².